The number of carbonyl (C=O) groups is 2. The van der Waals surface area contributed by atoms with Crippen LogP contribution < -0.4 is 24.8 Å². The number of methoxy groups -OCH3 is 3. The van der Waals surface area contributed by atoms with Crippen LogP contribution in [0.5, 0.6) is 17.2 Å². The SMILES string of the molecule is CCCCOC(=O)c1cc(NC(=S)NC(=O)c2cc(OC)c(OC)c(OC)c2)ccc1Cl. The van der Waals surface area contributed by atoms with Crippen LogP contribution in [0.1, 0.15) is 40.5 Å². The highest BCUT2D eigenvalue weighted by Crippen LogP contribution is 2.38. The summed E-state index contributed by atoms with van der Waals surface area (Å²) < 4.78 is 21.0. The van der Waals surface area contributed by atoms with Crippen LogP contribution in [0.2, 0.25) is 5.02 Å². The van der Waals surface area contributed by atoms with E-state index in [1.54, 1.807) is 12.1 Å². The number of halogens is 1. The fraction of sp³-hybridized carbons (Fsp3) is 0.318. The zero-order valence-corrected chi connectivity index (χ0v) is 19.8. The third kappa shape index (κ3) is 6.48. The van der Waals surface area contributed by atoms with Gasteiger partial charge in [0.05, 0.1) is 38.5 Å². The molecule has 10 heteroatoms. The van der Waals surface area contributed by atoms with Gasteiger partial charge in [-0.1, -0.05) is 24.9 Å². The first-order chi connectivity index (χ1) is 15.3. The smallest absolute Gasteiger partial charge is 0.339 e. The van der Waals surface area contributed by atoms with E-state index in [0.717, 1.165) is 12.8 Å². The molecule has 0 aliphatic heterocycles. The van der Waals surface area contributed by atoms with Crippen molar-refractivity contribution < 1.29 is 28.5 Å². The summed E-state index contributed by atoms with van der Waals surface area (Å²) in [5.74, 6) is 0.0146. The highest BCUT2D eigenvalue weighted by atomic mass is 35.5. The van der Waals surface area contributed by atoms with Crippen LogP contribution in [-0.4, -0.2) is 44.9 Å². The minimum Gasteiger partial charge on any atom is -0.493 e. The van der Waals surface area contributed by atoms with Crippen molar-refractivity contribution in [2.24, 2.45) is 0 Å². The number of thiocarbonyl (C=S) groups is 1. The molecule has 0 bridgehead atoms. The molecule has 172 valence electrons. The van der Waals surface area contributed by atoms with Gasteiger partial charge in [-0.15, -0.1) is 0 Å². The number of hydrogen-bond donors (Lipinski definition) is 2. The number of rotatable bonds is 9. The number of esters is 1. The van der Waals surface area contributed by atoms with E-state index in [4.69, 9.17) is 42.8 Å². The summed E-state index contributed by atoms with van der Waals surface area (Å²) in [5, 5.41) is 5.71. The monoisotopic (exact) mass is 480 g/mol. The van der Waals surface area contributed by atoms with Crippen LogP contribution in [0.25, 0.3) is 0 Å². The predicted octanol–water partition coefficient (Wildman–Crippen LogP) is 4.45. The number of ether oxygens (including phenoxy) is 4. The second-order valence-corrected chi connectivity index (χ2v) is 7.32. The van der Waals surface area contributed by atoms with Crippen LogP contribution in [0, 0.1) is 0 Å². The number of unbranched alkanes of at least 4 members (excludes halogenated alkanes) is 1. The largest absolute Gasteiger partial charge is 0.493 e. The number of hydrogen-bond acceptors (Lipinski definition) is 7. The van der Waals surface area contributed by atoms with Gasteiger partial charge in [-0.05, 0) is 49.0 Å². The second kappa shape index (κ2) is 12.1. The van der Waals surface area contributed by atoms with Gasteiger partial charge in [0.1, 0.15) is 0 Å². The van der Waals surface area contributed by atoms with E-state index in [1.807, 2.05) is 6.92 Å². The third-order valence-corrected chi connectivity index (χ3v) is 4.86. The fourth-order valence-corrected chi connectivity index (χ4v) is 3.10. The number of anilines is 1. The maximum absolute atomic E-state index is 12.7. The van der Waals surface area contributed by atoms with Crippen LogP contribution in [-0.2, 0) is 4.74 Å². The first-order valence-corrected chi connectivity index (χ1v) is 10.5. The van der Waals surface area contributed by atoms with Crippen molar-refractivity contribution in [3.8, 4) is 17.2 Å². The van der Waals surface area contributed by atoms with Gasteiger partial charge in [0.25, 0.3) is 5.91 Å². The molecule has 0 spiro atoms. The minimum atomic E-state index is -0.528. The van der Waals surface area contributed by atoms with E-state index >= 15 is 0 Å². The van der Waals surface area contributed by atoms with Gasteiger partial charge < -0.3 is 24.3 Å². The third-order valence-electron chi connectivity index (χ3n) is 4.33. The molecular weight excluding hydrogens is 456 g/mol. The van der Waals surface area contributed by atoms with E-state index in [0.29, 0.717) is 29.5 Å². The normalized spacial score (nSPS) is 10.2. The number of carbonyl (C=O) groups excluding carboxylic acids is 2. The average molecular weight is 481 g/mol. The van der Waals surface area contributed by atoms with E-state index in [1.165, 1.54) is 39.5 Å². The molecule has 0 fully saturated rings. The van der Waals surface area contributed by atoms with Crippen molar-refractivity contribution in [1.29, 1.82) is 0 Å². The molecule has 0 atom stereocenters. The highest BCUT2D eigenvalue weighted by molar-refractivity contribution is 7.80. The number of benzene rings is 2. The number of nitrogens with one attached hydrogen (secondary N) is 2. The molecule has 0 aromatic heterocycles. The van der Waals surface area contributed by atoms with E-state index in [-0.39, 0.29) is 21.3 Å². The highest BCUT2D eigenvalue weighted by Gasteiger charge is 2.18. The maximum Gasteiger partial charge on any atom is 0.339 e. The summed E-state index contributed by atoms with van der Waals surface area (Å²) >= 11 is 11.4. The molecule has 2 aromatic rings. The quantitative estimate of drug-likeness (QED) is 0.309. The molecule has 32 heavy (non-hydrogen) atoms. The summed E-state index contributed by atoms with van der Waals surface area (Å²) in [4.78, 5) is 24.9. The van der Waals surface area contributed by atoms with Crippen molar-refractivity contribution in [2.75, 3.05) is 33.3 Å². The summed E-state index contributed by atoms with van der Waals surface area (Å²) in [7, 11) is 4.38. The lowest BCUT2D eigenvalue weighted by atomic mass is 10.1. The fourth-order valence-electron chi connectivity index (χ4n) is 2.70. The Labute approximate surface area is 197 Å². The summed E-state index contributed by atoms with van der Waals surface area (Å²) in [5.41, 5.74) is 0.915. The van der Waals surface area contributed by atoms with E-state index < -0.39 is 11.9 Å². The van der Waals surface area contributed by atoms with Gasteiger partial charge >= 0.3 is 5.97 Å². The van der Waals surface area contributed by atoms with E-state index in [2.05, 4.69) is 10.6 Å². The molecular formula is C22H25ClN2O6S. The number of amides is 1. The molecule has 2 aromatic carbocycles. The lowest BCUT2D eigenvalue weighted by molar-refractivity contribution is 0.0500. The van der Waals surface area contributed by atoms with E-state index in [9.17, 15) is 9.59 Å². The second-order valence-electron chi connectivity index (χ2n) is 6.51. The molecule has 2 N–H and O–H groups in total. The van der Waals surface area contributed by atoms with Gasteiger partial charge in [-0.3, -0.25) is 10.1 Å². The standard InChI is InChI=1S/C22H25ClN2O6S/c1-5-6-9-31-21(27)15-12-14(7-8-16(15)23)24-22(32)25-20(26)13-10-17(28-2)19(30-4)18(11-13)29-3/h7-8,10-12H,5-6,9H2,1-4H3,(H2,24,25,26,32). The van der Waals surface area contributed by atoms with Crippen LogP contribution >= 0.6 is 23.8 Å². The molecule has 0 heterocycles. The summed E-state index contributed by atoms with van der Waals surface area (Å²) in [6, 6.07) is 7.69. The molecule has 8 nitrogen and oxygen atoms in total. The lowest BCUT2D eigenvalue weighted by Gasteiger charge is -2.15. The molecule has 0 aliphatic rings. The van der Waals surface area contributed by atoms with Crippen molar-refractivity contribution in [2.45, 2.75) is 19.8 Å². The Kier molecular flexibility index (Phi) is 9.55. The Balaban J connectivity index is 2.12. The Morgan fingerprint density at radius 3 is 2.25 bits per heavy atom. The maximum atomic E-state index is 12.7. The first-order valence-electron chi connectivity index (χ1n) is 9.73. The lowest BCUT2D eigenvalue weighted by Crippen LogP contribution is -2.34. The molecule has 2 rings (SSSR count). The first kappa shape index (κ1) is 25.2. The van der Waals surface area contributed by atoms with Crippen molar-refractivity contribution in [1.82, 2.24) is 5.32 Å². The Bertz CT molecular complexity index is 973. The minimum absolute atomic E-state index is 0.0244. The van der Waals surface area contributed by atoms with Crippen molar-refractivity contribution in [3.63, 3.8) is 0 Å². The van der Waals surface area contributed by atoms with Crippen LogP contribution in [0.3, 0.4) is 0 Å². The zero-order valence-electron chi connectivity index (χ0n) is 18.2. The van der Waals surface area contributed by atoms with Gasteiger partial charge in [0, 0.05) is 11.3 Å². The van der Waals surface area contributed by atoms with Crippen LogP contribution in [0.15, 0.2) is 30.3 Å². The topological polar surface area (TPSA) is 95.1 Å². The molecule has 0 radical (unpaired) electrons. The van der Waals surface area contributed by atoms with Gasteiger partial charge in [-0.25, -0.2) is 4.79 Å². The van der Waals surface area contributed by atoms with Crippen LogP contribution in [0.4, 0.5) is 5.69 Å². The summed E-state index contributed by atoms with van der Waals surface area (Å²) in [6.07, 6.45) is 1.67. The van der Waals surface area contributed by atoms with Gasteiger partial charge in [0.15, 0.2) is 16.6 Å². The summed E-state index contributed by atoms with van der Waals surface area (Å²) in [6.45, 7) is 2.31. The Hall–Kier alpha value is -3.04. The predicted molar refractivity (Wildman–Crippen MR) is 126 cm³/mol. The molecule has 0 unspecified atom stereocenters. The zero-order chi connectivity index (χ0) is 23.7. The van der Waals surface area contributed by atoms with Crippen molar-refractivity contribution in [3.05, 3.63) is 46.5 Å². The van der Waals surface area contributed by atoms with Gasteiger partial charge in [-0.2, -0.15) is 0 Å². The van der Waals surface area contributed by atoms with Gasteiger partial charge in [0.2, 0.25) is 5.75 Å². The molecule has 0 aliphatic carbocycles. The molecule has 0 saturated carbocycles. The Morgan fingerprint density at radius 2 is 1.69 bits per heavy atom. The molecule has 0 saturated heterocycles. The average Bonchev–Trinajstić information content (AvgIpc) is 2.79. The molecule has 1 amide bonds. The Morgan fingerprint density at radius 1 is 1.03 bits per heavy atom. The van der Waals surface area contributed by atoms with Crippen molar-refractivity contribution >= 4 is 46.5 Å².